The average molecular weight is 236 g/mol. The van der Waals surface area contributed by atoms with Crippen LogP contribution in [0.2, 0.25) is 0 Å². The number of hydrogen-bond donors (Lipinski definition) is 0. The van der Waals surface area contributed by atoms with Gasteiger partial charge < -0.3 is 14.2 Å². The minimum absolute atomic E-state index is 0.110. The van der Waals surface area contributed by atoms with Crippen LogP contribution in [0.25, 0.3) is 0 Å². The van der Waals surface area contributed by atoms with Crippen molar-refractivity contribution in [3.05, 3.63) is 35.9 Å². The van der Waals surface area contributed by atoms with E-state index in [4.69, 9.17) is 14.2 Å². The molecule has 0 saturated carbocycles. The molecule has 3 atom stereocenters. The van der Waals surface area contributed by atoms with Crippen molar-refractivity contribution in [3.63, 3.8) is 0 Å². The summed E-state index contributed by atoms with van der Waals surface area (Å²) in [6, 6.07) is 10.2. The maximum absolute atomic E-state index is 5.92. The smallest absolute Gasteiger partial charge is 0.160 e. The van der Waals surface area contributed by atoms with Gasteiger partial charge in [0.2, 0.25) is 0 Å². The van der Waals surface area contributed by atoms with E-state index < -0.39 is 0 Å². The highest BCUT2D eigenvalue weighted by molar-refractivity contribution is 5.13. The van der Waals surface area contributed by atoms with Crippen molar-refractivity contribution in [1.82, 2.24) is 0 Å². The average Bonchev–Trinajstić information content (AvgIpc) is 2.80. The summed E-state index contributed by atoms with van der Waals surface area (Å²) in [7, 11) is 1.68. The second kappa shape index (κ2) is 6.15. The van der Waals surface area contributed by atoms with E-state index in [-0.39, 0.29) is 18.5 Å². The van der Waals surface area contributed by atoms with Crippen molar-refractivity contribution in [3.8, 4) is 0 Å². The molecular formula is C14H20O3. The zero-order valence-corrected chi connectivity index (χ0v) is 10.5. The second-order valence-electron chi connectivity index (χ2n) is 4.32. The Kier molecular flexibility index (Phi) is 4.54. The van der Waals surface area contributed by atoms with Gasteiger partial charge in [0.1, 0.15) is 0 Å². The standard InChI is InChI=1S/C14H20O3/c1-3-12-13(9-14(15-2)17-12)16-10-11-7-5-4-6-8-11/h4-8,12-14H,3,9-10H2,1-2H3. The Bertz CT molecular complexity index is 325. The molecule has 1 aliphatic heterocycles. The summed E-state index contributed by atoms with van der Waals surface area (Å²) in [5.74, 6) is 0. The van der Waals surface area contributed by atoms with Crippen LogP contribution in [0.3, 0.4) is 0 Å². The maximum atomic E-state index is 5.92. The fraction of sp³-hybridized carbons (Fsp3) is 0.571. The first-order valence-corrected chi connectivity index (χ1v) is 6.17. The SMILES string of the molecule is CCC1OC(OC)CC1OCc1ccccc1. The molecule has 94 valence electrons. The summed E-state index contributed by atoms with van der Waals surface area (Å²) in [5, 5.41) is 0. The van der Waals surface area contributed by atoms with Gasteiger partial charge in [-0.25, -0.2) is 0 Å². The predicted octanol–water partition coefficient (Wildman–Crippen LogP) is 2.74. The fourth-order valence-corrected chi connectivity index (χ4v) is 2.14. The number of ether oxygens (including phenoxy) is 3. The molecule has 0 amide bonds. The molecule has 0 spiro atoms. The summed E-state index contributed by atoms with van der Waals surface area (Å²) < 4.78 is 16.9. The monoisotopic (exact) mass is 236 g/mol. The summed E-state index contributed by atoms with van der Waals surface area (Å²) in [6.45, 7) is 2.75. The minimum Gasteiger partial charge on any atom is -0.371 e. The minimum atomic E-state index is -0.110. The van der Waals surface area contributed by atoms with E-state index in [1.54, 1.807) is 7.11 Å². The molecule has 2 rings (SSSR count). The molecule has 1 aliphatic rings. The van der Waals surface area contributed by atoms with Crippen LogP contribution in [0.5, 0.6) is 0 Å². The molecule has 3 unspecified atom stereocenters. The summed E-state index contributed by atoms with van der Waals surface area (Å²) in [6.07, 6.45) is 1.97. The van der Waals surface area contributed by atoms with Crippen molar-refractivity contribution in [1.29, 1.82) is 0 Å². The normalized spacial score (nSPS) is 28.5. The Morgan fingerprint density at radius 2 is 2.06 bits per heavy atom. The van der Waals surface area contributed by atoms with Crippen molar-refractivity contribution in [2.45, 2.75) is 44.9 Å². The third kappa shape index (κ3) is 3.28. The van der Waals surface area contributed by atoms with Crippen LogP contribution in [0.4, 0.5) is 0 Å². The maximum Gasteiger partial charge on any atom is 0.160 e. The number of benzene rings is 1. The highest BCUT2D eigenvalue weighted by Crippen LogP contribution is 2.26. The highest BCUT2D eigenvalue weighted by Gasteiger charge is 2.34. The van der Waals surface area contributed by atoms with Crippen LogP contribution < -0.4 is 0 Å². The molecule has 1 aromatic carbocycles. The van der Waals surface area contributed by atoms with Crippen molar-refractivity contribution >= 4 is 0 Å². The van der Waals surface area contributed by atoms with E-state index in [2.05, 4.69) is 19.1 Å². The first-order valence-electron chi connectivity index (χ1n) is 6.17. The van der Waals surface area contributed by atoms with Crippen LogP contribution in [0, 0.1) is 0 Å². The zero-order valence-electron chi connectivity index (χ0n) is 10.5. The van der Waals surface area contributed by atoms with Gasteiger partial charge in [0.15, 0.2) is 6.29 Å². The molecule has 0 aromatic heterocycles. The number of rotatable bonds is 5. The largest absolute Gasteiger partial charge is 0.371 e. The lowest BCUT2D eigenvalue weighted by Gasteiger charge is -2.17. The molecule has 3 nitrogen and oxygen atoms in total. The molecule has 0 radical (unpaired) electrons. The van der Waals surface area contributed by atoms with E-state index in [1.165, 1.54) is 5.56 Å². The van der Waals surface area contributed by atoms with Crippen molar-refractivity contribution in [2.75, 3.05) is 7.11 Å². The second-order valence-corrected chi connectivity index (χ2v) is 4.32. The first-order chi connectivity index (χ1) is 8.33. The Labute approximate surface area is 103 Å². The quantitative estimate of drug-likeness (QED) is 0.786. The topological polar surface area (TPSA) is 27.7 Å². The molecule has 0 N–H and O–H groups in total. The molecule has 17 heavy (non-hydrogen) atoms. The van der Waals surface area contributed by atoms with E-state index in [0.717, 1.165) is 12.8 Å². The van der Waals surface area contributed by atoms with Crippen molar-refractivity contribution < 1.29 is 14.2 Å². The third-order valence-corrected chi connectivity index (χ3v) is 3.14. The summed E-state index contributed by atoms with van der Waals surface area (Å²) >= 11 is 0. The number of hydrogen-bond acceptors (Lipinski definition) is 3. The van der Waals surface area contributed by atoms with E-state index in [9.17, 15) is 0 Å². The van der Waals surface area contributed by atoms with Gasteiger partial charge in [-0.3, -0.25) is 0 Å². The highest BCUT2D eigenvalue weighted by atomic mass is 16.7. The molecule has 0 aliphatic carbocycles. The number of methoxy groups -OCH3 is 1. The van der Waals surface area contributed by atoms with Crippen LogP contribution in [0.1, 0.15) is 25.3 Å². The first kappa shape index (κ1) is 12.6. The molecule has 1 aromatic rings. The van der Waals surface area contributed by atoms with Gasteiger partial charge in [-0.1, -0.05) is 37.3 Å². The van der Waals surface area contributed by atoms with Gasteiger partial charge in [0.05, 0.1) is 18.8 Å². The van der Waals surface area contributed by atoms with Gasteiger partial charge >= 0.3 is 0 Å². The molecule has 1 heterocycles. The lowest BCUT2D eigenvalue weighted by molar-refractivity contribution is -0.120. The van der Waals surface area contributed by atoms with Crippen molar-refractivity contribution in [2.24, 2.45) is 0 Å². The Morgan fingerprint density at radius 3 is 2.71 bits per heavy atom. The van der Waals surface area contributed by atoms with Gasteiger partial charge in [0, 0.05) is 13.5 Å². The van der Waals surface area contributed by atoms with Crippen LogP contribution in [-0.2, 0) is 20.8 Å². The lowest BCUT2D eigenvalue weighted by atomic mass is 10.1. The summed E-state index contributed by atoms with van der Waals surface area (Å²) in [5.41, 5.74) is 1.20. The van der Waals surface area contributed by atoms with Gasteiger partial charge in [-0.05, 0) is 12.0 Å². The Hall–Kier alpha value is -0.900. The fourth-order valence-electron chi connectivity index (χ4n) is 2.14. The van der Waals surface area contributed by atoms with Gasteiger partial charge in [0.25, 0.3) is 0 Å². The van der Waals surface area contributed by atoms with Crippen LogP contribution in [-0.4, -0.2) is 25.6 Å². The Balaban J connectivity index is 1.86. The van der Waals surface area contributed by atoms with E-state index in [1.807, 2.05) is 18.2 Å². The molecule has 0 bridgehead atoms. The molecule has 1 saturated heterocycles. The van der Waals surface area contributed by atoms with Gasteiger partial charge in [-0.15, -0.1) is 0 Å². The van der Waals surface area contributed by atoms with Crippen LogP contribution >= 0.6 is 0 Å². The van der Waals surface area contributed by atoms with Crippen LogP contribution in [0.15, 0.2) is 30.3 Å². The lowest BCUT2D eigenvalue weighted by Crippen LogP contribution is -2.23. The Morgan fingerprint density at radius 1 is 1.29 bits per heavy atom. The summed E-state index contributed by atoms with van der Waals surface area (Å²) in [4.78, 5) is 0. The molecule has 1 fully saturated rings. The van der Waals surface area contributed by atoms with Gasteiger partial charge in [-0.2, -0.15) is 0 Å². The predicted molar refractivity (Wildman–Crippen MR) is 65.6 cm³/mol. The van der Waals surface area contributed by atoms with E-state index >= 15 is 0 Å². The van der Waals surface area contributed by atoms with E-state index in [0.29, 0.717) is 6.61 Å². The zero-order chi connectivity index (χ0) is 12.1. The third-order valence-electron chi connectivity index (χ3n) is 3.14. The molecule has 3 heteroatoms. The molecular weight excluding hydrogens is 216 g/mol.